The normalized spacial score (nSPS) is 11.9. The molecule has 0 amide bonds. The van der Waals surface area contributed by atoms with E-state index in [0.717, 1.165) is 32.7 Å². The summed E-state index contributed by atoms with van der Waals surface area (Å²) < 4.78 is 1.80. The van der Waals surface area contributed by atoms with Gasteiger partial charge < -0.3 is 0 Å². The van der Waals surface area contributed by atoms with Crippen LogP contribution in [0.5, 0.6) is 0 Å². The second-order valence-electron chi connectivity index (χ2n) is 6.91. The summed E-state index contributed by atoms with van der Waals surface area (Å²) in [5, 5.41) is 6.40. The minimum atomic E-state index is 0.0619. The molecule has 0 radical (unpaired) electrons. The molecule has 0 bridgehead atoms. The molecule has 136 valence electrons. The van der Waals surface area contributed by atoms with E-state index in [9.17, 15) is 4.79 Å². The van der Waals surface area contributed by atoms with Gasteiger partial charge in [0, 0.05) is 24.4 Å². The highest BCUT2D eigenvalue weighted by Gasteiger charge is 2.06. The first kappa shape index (κ1) is 18.6. The number of carbonyl (C=O) groups is 1. The topological polar surface area (TPSA) is 34.9 Å². The molecule has 3 rings (SSSR count). The molecule has 2 aromatic carbocycles. The molecular weight excluding hydrogens is 332 g/mol. The molecule has 0 saturated heterocycles. The monoisotopic (exact) mass is 356 g/mol. The van der Waals surface area contributed by atoms with Gasteiger partial charge in [-0.25, -0.2) is 0 Å². The Morgan fingerprint density at radius 1 is 0.963 bits per heavy atom. The van der Waals surface area contributed by atoms with Crippen molar-refractivity contribution in [3.05, 3.63) is 89.1 Å². The number of hydrogen-bond acceptors (Lipinski definition) is 2. The van der Waals surface area contributed by atoms with E-state index >= 15 is 0 Å². The first-order valence-corrected chi connectivity index (χ1v) is 8.95. The number of nitrogens with zero attached hydrogens (tertiary/aromatic N) is 2. The highest BCUT2D eigenvalue weighted by molar-refractivity contribution is 5.94. The predicted octanol–water partition coefficient (Wildman–Crippen LogP) is 3.87. The van der Waals surface area contributed by atoms with Crippen molar-refractivity contribution >= 4 is 16.9 Å². The number of aryl methyl sites for hydroxylation is 1. The number of aromatic nitrogens is 2. The number of carbonyl (C=O) groups excluding carboxylic acids is 1. The van der Waals surface area contributed by atoms with Crippen molar-refractivity contribution in [2.24, 2.45) is 7.05 Å². The van der Waals surface area contributed by atoms with Gasteiger partial charge in [-0.15, -0.1) is 0 Å². The van der Waals surface area contributed by atoms with Crippen LogP contribution in [0.4, 0.5) is 0 Å². The maximum Gasteiger partial charge on any atom is 0.159 e. The van der Waals surface area contributed by atoms with Crippen LogP contribution in [-0.2, 0) is 7.05 Å². The van der Waals surface area contributed by atoms with E-state index in [1.165, 1.54) is 5.57 Å². The Balaban J connectivity index is 2.22. The summed E-state index contributed by atoms with van der Waals surface area (Å²) in [7, 11) is 1.91. The molecule has 0 unspecified atom stereocenters. The fourth-order valence-electron chi connectivity index (χ4n) is 3.22. The van der Waals surface area contributed by atoms with Crippen LogP contribution in [0.3, 0.4) is 0 Å². The SMILES string of the molecule is C=C/C(c1ccc(-c2cnn(C)c2)cc1)=c1/cc(C(C)=O)ccc1=C(C)C. The summed E-state index contributed by atoms with van der Waals surface area (Å²) in [6, 6.07) is 14.2. The van der Waals surface area contributed by atoms with Crippen LogP contribution < -0.4 is 10.4 Å². The zero-order valence-electron chi connectivity index (χ0n) is 16.3. The molecule has 3 nitrogen and oxygen atoms in total. The summed E-state index contributed by atoms with van der Waals surface area (Å²) in [6.45, 7) is 9.79. The van der Waals surface area contributed by atoms with Gasteiger partial charge in [0.2, 0.25) is 0 Å². The molecule has 27 heavy (non-hydrogen) atoms. The van der Waals surface area contributed by atoms with Gasteiger partial charge >= 0.3 is 0 Å². The van der Waals surface area contributed by atoms with Crippen molar-refractivity contribution in [2.45, 2.75) is 20.8 Å². The van der Waals surface area contributed by atoms with Crippen LogP contribution in [0.2, 0.25) is 0 Å². The molecule has 0 N–H and O–H groups in total. The van der Waals surface area contributed by atoms with Crippen LogP contribution in [0.1, 0.15) is 36.7 Å². The van der Waals surface area contributed by atoms with Crippen LogP contribution in [-0.4, -0.2) is 15.6 Å². The molecule has 1 aromatic heterocycles. The molecule has 0 aliphatic heterocycles. The highest BCUT2D eigenvalue weighted by Crippen LogP contribution is 2.21. The summed E-state index contributed by atoms with van der Waals surface area (Å²) in [4.78, 5) is 11.9. The van der Waals surface area contributed by atoms with Gasteiger partial charge in [0.25, 0.3) is 0 Å². The summed E-state index contributed by atoms with van der Waals surface area (Å²) in [5.41, 5.74) is 6.20. The second kappa shape index (κ2) is 7.58. The molecule has 0 atom stereocenters. The van der Waals surface area contributed by atoms with E-state index in [-0.39, 0.29) is 5.78 Å². The summed E-state index contributed by atoms with van der Waals surface area (Å²) >= 11 is 0. The lowest BCUT2D eigenvalue weighted by atomic mass is 9.97. The largest absolute Gasteiger partial charge is 0.295 e. The van der Waals surface area contributed by atoms with Gasteiger partial charge in [0.05, 0.1) is 6.20 Å². The quantitative estimate of drug-likeness (QED) is 0.665. The lowest BCUT2D eigenvalue weighted by Gasteiger charge is -2.07. The summed E-state index contributed by atoms with van der Waals surface area (Å²) in [6.07, 6.45) is 5.72. The lowest BCUT2D eigenvalue weighted by molar-refractivity contribution is 0.101. The number of allylic oxidation sites excluding steroid dienone is 1. The van der Waals surface area contributed by atoms with Gasteiger partial charge in [0.1, 0.15) is 0 Å². The van der Waals surface area contributed by atoms with Crippen molar-refractivity contribution in [1.29, 1.82) is 0 Å². The molecule has 0 aliphatic rings. The predicted molar refractivity (Wildman–Crippen MR) is 112 cm³/mol. The Bertz CT molecular complexity index is 1130. The fourth-order valence-corrected chi connectivity index (χ4v) is 3.22. The van der Waals surface area contributed by atoms with E-state index < -0.39 is 0 Å². The van der Waals surface area contributed by atoms with E-state index in [4.69, 9.17) is 0 Å². The number of rotatable bonds is 4. The molecule has 1 heterocycles. The Morgan fingerprint density at radius 2 is 1.63 bits per heavy atom. The third-order valence-corrected chi connectivity index (χ3v) is 4.69. The van der Waals surface area contributed by atoms with Gasteiger partial charge in [-0.2, -0.15) is 5.10 Å². The highest BCUT2D eigenvalue weighted by atomic mass is 16.1. The minimum Gasteiger partial charge on any atom is -0.295 e. The van der Waals surface area contributed by atoms with Crippen molar-refractivity contribution in [3.63, 3.8) is 0 Å². The molecule has 3 aromatic rings. The average Bonchev–Trinajstić information content (AvgIpc) is 3.09. The third kappa shape index (κ3) is 3.82. The van der Waals surface area contributed by atoms with E-state index in [0.29, 0.717) is 5.56 Å². The van der Waals surface area contributed by atoms with Gasteiger partial charge in [0.15, 0.2) is 5.78 Å². The summed E-state index contributed by atoms with van der Waals surface area (Å²) in [5.74, 6) is 0.0619. The van der Waals surface area contributed by atoms with Crippen molar-refractivity contribution < 1.29 is 4.79 Å². The van der Waals surface area contributed by atoms with Crippen LogP contribution in [0, 0.1) is 0 Å². The fraction of sp³-hybridized carbons (Fsp3) is 0.167. The molecule has 0 spiro atoms. The Kier molecular flexibility index (Phi) is 5.22. The van der Waals surface area contributed by atoms with E-state index in [1.54, 1.807) is 11.6 Å². The number of ketones is 1. The van der Waals surface area contributed by atoms with Gasteiger partial charge in [-0.05, 0) is 54.0 Å². The first-order chi connectivity index (χ1) is 12.9. The zero-order valence-corrected chi connectivity index (χ0v) is 16.3. The van der Waals surface area contributed by atoms with Crippen molar-refractivity contribution in [2.75, 3.05) is 0 Å². The smallest absolute Gasteiger partial charge is 0.159 e. The van der Waals surface area contributed by atoms with E-state index in [1.807, 2.05) is 43.7 Å². The standard InChI is InChI=1S/C24H24N2O/c1-6-22(24-13-20(17(4)27)11-12-23(24)16(2)3)19-9-7-18(8-10-19)21-14-25-26(5)15-21/h6-15H,1H2,2-5H3/b24-22+. The Morgan fingerprint density at radius 3 is 2.15 bits per heavy atom. The van der Waals surface area contributed by atoms with Crippen molar-refractivity contribution in [1.82, 2.24) is 9.78 Å². The first-order valence-electron chi connectivity index (χ1n) is 8.95. The number of benzene rings is 2. The third-order valence-electron chi connectivity index (χ3n) is 4.69. The zero-order chi connectivity index (χ0) is 19.6. The van der Waals surface area contributed by atoms with Crippen LogP contribution in [0.25, 0.3) is 22.3 Å². The Hall–Kier alpha value is -3.20. The van der Waals surface area contributed by atoms with Crippen molar-refractivity contribution in [3.8, 4) is 11.1 Å². The Labute approximate surface area is 160 Å². The maximum atomic E-state index is 11.9. The van der Waals surface area contributed by atoms with Gasteiger partial charge in [-0.3, -0.25) is 9.48 Å². The van der Waals surface area contributed by atoms with Crippen LogP contribution in [0.15, 0.2) is 67.5 Å². The van der Waals surface area contributed by atoms with Gasteiger partial charge in [-0.1, -0.05) is 54.6 Å². The molecular formula is C24H24N2O. The number of hydrogen-bond donors (Lipinski definition) is 0. The van der Waals surface area contributed by atoms with E-state index in [2.05, 4.69) is 49.8 Å². The number of Topliss-reactive ketones (excluding diaryl/α,β-unsaturated/α-hetero) is 1. The van der Waals surface area contributed by atoms with Crippen LogP contribution >= 0.6 is 0 Å². The molecule has 0 saturated carbocycles. The molecule has 0 aliphatic carbocycles. The minimum absolute atomic E-state index is 0.0619. The maximum absolute atomic E-state index is 11.9. The second-order valence-corrected chi connectivity index (χ2v) is 6.91. The molecule has 0 fully saturated rings. The molecule has 3 heteroatoms. The average molecular weight is 356 g/mol. The lowest BCUT2D eigenvalue weighted by Crippen LogP contribution is -2.29.